The van der Waals surface area contributed by atoms with Crippen LogP contribution in [0.5, 0.6) is 11.5 Å². The van der Waals surface area contributed by atoms with Gasteiger partial charge in [0.25, 0.3) is 0 Å². The van der Waals surface area contributed by atoms with Gasteiger partial charge in [-0.15, -0.1) is 0 Å². The lowest BCUT2D eigenvalue weighted by Crippen LogP contribution is -1.98. The molecule has 18 heavy (non-hydrogen) atoms. The molecule has 4 heteroatoms. The van der Waals surface area contributed by atoms with Gasteiger partial charge in [0, 0.05) is 11.6 Å². The van der Waals surface area contributed by atoms with Crippen molar-refractivity contribution in [2.75, 3.05) is 14.2 Å². The first kappa shape index (κ1) is 13.4. The molecule has 1 aromatic carbocycles. The van der Waals surface area contributed by atoms with Gasteiger partial charge in [-0.25, -0.2) is 0 Å². The highest BCUT2D eigenvalue weighted by Gasteiger charge is 2.18. The van der Waals surface area contributed by atoms with E-state index in [0.717, 1.165) is 17.1 Å². The van der Waals surface area contributed by atoms with Gasteiger partial charge in [0.1, 0.15) is 11.5 Å². The Morgan fingerprint density at radius 3 is 2.44 bits per heavy atom. The molecule has 0 spiro atoms. The number of halogens is 1. The minimum atomic E-state index is 0.143. The van der Waals surface area contributed by atoms with E-state index in [2.05, 4.69) is 33.6 Å². The molecule has 1 atom stereocenters. The molecular formula is C14H15BrO2S. The van der Waals surface area contributed by atoms with Gasteiger partial charge in [0.05, 0.1) is 19.0 Å². The van der Waals surface area contributed by atoms with Crippen molar-refractivity contribution in [2.24, 2.45) is 0 Å². The number of ether oxygens (including phenoxy) is 2. The van der Waals surface area contributed by atoms with Crippen LogP contribution in [-0.4, -0.2) is 14.2 Å². The van der Waals surface area contributed by atoms with E-state index in [-0.39, 0.29) is 4.83 Å². The van der Waals surface area contributed by atoms with Crippen molar-refractivity contribution in [3.05, 3.63) is 45.6 Å². The van der Waals surface area contributed by atoms with E-state index in [0.29, 0.717) is 0 Å². The number of thiophene rings is 1. The molecule has 1 heterocycles. The molecule has 0 saturated carbocycles. The predicted octanol–water partition coefficient (Wildman–Crippen LogP) is 4.56. The van der Waals surface area contributed by atoms with Crippen molar-refractivity contribution in [3.63, 3.8) is 0 Å². The Kier molecular flexibility index (Phi) is 4.30. The Morgan fingerprint density at radius 2 is 1.89 bits per heavy atom. The Labute approximate surface area is 120 Å². The van der Waals surface area contributed by atoms with Crippen LogP contribution in [0.25, 0.3) is 0 Å². The smallest absolute Gasteiger partial charge is 0.127 e. The van der Waals surface area contributed by atoms with Gasteiger partial charge >= 0.3 is 0 Å². The zero-order chi connectivity index (χ0) is 13.1. The van der Waals surface area contributed by atoms with E-state index in [1.807, 2.05) is 18.2 Å². The number of hydrogen-bond donors (Lipinski definition) is 0. The normalized spacial score (nSPS) is 12.2. The molecule has 1 aromatic heterocycles. The van der Waals surface area contributed by atoms with Crippen molar-refractivity contribution >= 4 is 27.3 Å². The average molecular weight is 327 g/mol. The quantitative estimate of drug-likeness (QED) is 0.767. The second-order valence-electron chi connectivity index (χ2n) is 3.98. The summed E-state index contributed by atoms with van der Waals surface area (Å²) in [6.45, 7) is 2.12. The summed E-state index contributed by atoms with van der Waals surface area (Å²) >= 11 is 5.46. The number of benzene rings is 1. The van der Waals surface area contributed by atoms with Gasteiger partial charge in [-0.2, -0.15) is 11.3 Å². The fourth-order valence-electron chi connectivity index (χ4n) is 1.83. The monoisotopic (exact) mass is 326 g/mol. The highest BCUT2D eigenvalue weighted by atomic mass is 79.9. The molecule has 2 aromatic rings. The van der Waals surface area contributed by atoms with Gasteiger partial charge in [-0.05, 0) is 34.9 Å². The van der Waals surface area contributed by atoms with E-state index in [4.69, 9.17) is 9.47 Å². The van der Waals surface area contributed by atoms with Crippen molar-refractivity contribution in [3.8, 4) is 11.5 Å². The number of methoxy groups -OCH3 is 2. The lowest BCUT2D eigenvalue weighted by atomic mass is 10.0. The number of aryl methyl sites for hydroxylation is 1. The van der Waals surface area contributed by atoms with Crippen LogP contribution in [0.15, 0.2) is 29.0 Å². The van der Waals surface area contributed by atoms with E-state index in [1.54, 1.807) is 25.6 Å². The first-order valence-corrected chi connectivity index (χ1v) is 7.42. The first-order valence-electron chi connectivity index (χ1n) is 5.56. The summed E-state index contributed by atoms with van der Waals surface area (Å²) in [6, 6.07) is 5.90. The van der Waals surface area contributed by atoms with Crippen LogP contribution >= 0.6 is 27.3 Å². The molecule has 2 nitrogen and oxygen atoms in total. The van der Waals surface area contributed by atoms with Crippen LogP contribution in [0.4, 0.5) is 0 Å². The largest absolute Gasteiger partial charge is 0.497 e. The fourth-order valence-corrected chi connectivity index (χ4v) is 3.75. The van der Waals surface area contributed by atoms with Crippen molar-refractivity contribution < 1.29 is 9.47 Å². The third kappa shape index (κ3) is 2.54. The van der Waals surface area contributed by atoms with Crippen LogP contribution in [0, 0.1) is 6.92 Å². The fraction of sp³-hybridized carbons (Fsp3) is 0.286. The van der Waals surface area contributed by atoms with Crippen LogP contribution in [0.3, 0.4) is 0 Å². The molecule has 96 valence electrons. The summed E-state index contributed by atoms with van der Waals surface area (Å²) in [5.41, 5.74) is 3.68. The Morgan fingerprint density at radius 1 is 1.11 bits per heavy atom. The summed E-state index contributed by atoms with van der Waals surface area (Å²) in [7, 11) is 3.33. The van der Waals surface area contributed by atoms with E-state index < -0.39 is 0 Å². The molecule has 0 amide bonds. The minimum absolute atomic E-state index is 0.143. The van der Waals surface area contributed by atoms with Gasteiger partial charge < -0.3 is 9.47 Å². The summed E-state index contributed by atoms with van der Waals surface area (Å²) in [5.74, 6) is 1.64. The molecular weight excluding hydrogens is 312 g/mol. The van der Waals surface area contributed by atoms with E-state index in [9.17, 15) is 0 Å². The molecule has 0 N–H and O–H groups in total. The molecule has 1 unspecified atom stereocenters. The summed E-state index contributed by atoms with van der Waals surface area (Å²) in [5, 5.41) is 4.32. The molecule has 0 fully saturated rings. The summed E-state index contributed by atoms with van der Waals surface area (Å²) in [4.78, 5) is 0.143. The lowest BCUT2D eigenvalue weighted by molar-refractivity contribution is 0.391. The summed E-state index contributed by atoms with van der Waals surface area (Å²) < 4.78 is 10.7. The molecule has 0 aliphatic carbocycles. The maximum Gasteiger partial charge on any atom is 0.127 e. The van der Waals surface area contributed by atoms with E-state index >= 15 is 0 Å². The maximum absolute atomic E-state index is 5.44. The first-order chi connectivity index (χ1) is 8.67. The van der Waals surface area contributed by atoms with Crippen molar-refractivity contribution in [2.45, 2.75) is 11.8 Å². The van der Waals surface area contributed by atoms with Gasteiger partial charge in [-0.1, -0.05) is 22.0 Å². The van der Waals surface area contributed by atoms with Crippen LogP contribution in [-0.2, 0) is 0 Å². The number of hydrogen-bond acceptors (Lipinski definition) is 3. The van der Waals surface area contributed by atoms with E-state index in [1.165, 1.54) is 11.1 Å². The third-order valence-corrected chi connectivity index (χ3v) is 4.75. The Hall–Kier alpha value is -1.00. The molecule has 0 bridgehead atoms. The second-order valence-corrected chi connectivity index (χ2v) is 5.64. The minimum Gasteiger partial charge on any atom is -0.497 e. The second kappa shape index (κ2) is 5.76. The van der Waals surface area contributed by atoms with Gasteiger partial charge in [0.15, 0.2) is 0 Å². The van der Waals surface area contributed by atoms with Gasteiger partial charge in [-0.3, -0.25) is 0 Å². The zero-order valence-corrected chi connectivity index (χ0v) is 13.0. The molecule has 2 rings (SSSR count). The highest BCUT2D eigenvalue weighted by molar-refractivity contribution is 9.09. The predicted molar refractivity (Wildman–Crippen MR) is 79.4 cm³/mol. The third-order valence-electron chi connectivity index (χ3n) is 2.88. The summed E-state index contributed by atoms with van der Waals surface area (Å²) in [6.07, 6.45) is 0. The number of rotatable bonds is 4. The maximum atomic E-state index is 5.44. The molecule has 0 radical (unpaired) electrons. The lowest BCUT2D eigenvalue weighted by Gasteiger charge is -2.15. The SMILES string of the molecule is COc1ccc(C(Br)c2cscc2C)c(OC)c1. The Bertz CT molecular complexity index is 536. The van der Waals surface area contributed by atoms with Crippen molar-refractivity contribution in [1.82, 2.24) is 0 Å². The highest BCUT2D eigenvalue weighted by Crippen LogP contribution is 2.40. The van der Waals surface area contributed by atoms with Crippen LogP contribution in [0.2, 0.25) is 0 Å². The van der Waals surface area contributed by atoms with Crippen LogP contribution < -0.4 is 9.47 Å². The zero-order valence-electron chi connectivity index (χ0n) is 10.6. The van der Waals surface area contributed by atoms with Gasteiger partial charge in [0.2, 0.25) is 0 Å². The topological polar surface area (TPSA) is 18.5 Å². The standard InChI is InChI=1S/C14H15BrO2S/c1-9-7-18-8-12(9)14(15)11-5-4-10(16-2)6-13(11)17-3/h4-8,14H,1-3H3. The molecule has 0 aliphatic rings. The Balaban J connectivity index is 2.41. The van der Waals surface area contributed by atoms with Crippen LogP contribution in [0.1, 0.15) is 21.5 Å². The average Bonchev–Trinajstić information content (AvgIpc) is 2.83. The number of alkyl halides is 1. The molecule has 0 aliphatic heterocycles. The van der Waals surface area contributed by atoms with Crippen molar-refractivity contribution in [1.29, 1.82) is 0 Å². The molecule has 0 saturated heterocycles.